The maximum Gasteiger partial charge on any atom is 0.270 e. The fourth-order valence-electron chi connectivity index (χ4n) is 2.91. The van der Waals surface area contributed by atoms with Gasteiger partial charge in [0, 0.05) is 6.07 Å². The first-order valence-electron chi connectivity index (χ1n) is 8.81. The van der Waals surface area contributed by atoms with Crippen molar-refractivity contribution in [3.05, 3.63) is 58.1 Å². The lowest BCUT2D eigenvalue weighted by molar-refractivity contribution is -0.122. The Labute approximate surface area is 179 Å². The molecule has 0 aromatic heterocycles. The topological polar surface area (TPSA) is 67.9 Å². The zero-order valence-corrected chi connectivity index (χ0v) is 17.7. The highest BCUT2D eigenvalue weighted by Gasteiger charge is 2.34. The minimum absolute atomic E-state index is 0.0276. The smallest absolute Gasteiger partial charge is 0.270 e. The van der Waals surface area contributed by atoms with Crippen LogP contribution in [0.5, 0.6) is 11.5 Å². The van der Waals surface area contributed by atoms with Crippen molar-refractivity contribution in [1.82, 2.24) is 5.32 Å². The third kappa shape index (κ3) is 4.11. The number of thiocarbonyl (C=S) groups is 1. The van der Waals surface area contributed by atoms with E-state index in [2.05, 4.69) is 5.32 Å². The molecule has 0 atom stereocenters. The van der Waals surface area contributed by atoms with E-state index >= 15 is 0 Å². The monoisotopic (exact) mass is 430 g/mol. The van der Waals surface area contributed by atoms with E-state index in [0.29, 0.717) is 27.8 Å². The van der Waals surface area contributed by atoms with Crippen LogP contribution >= 0.6 is 23.8 Å². The van der Waals surface area contributed by atoms with Crippen LogP contribution in [-0.2, 0) is 16.0 Å². The van der Waals surface area contributed by atoms with Gasteiger partial charge in [-0.15, -0.1) is 0 Å². The zero-order chi connectivity index (χ0) is 21.1. The summed E-state index contributed by atoms with van der Waals surface area (Å²) in [6.07, 6.45) is 2.29. The summed E-state index contributed by atoms with van der Waals surface area (Å²) in [7, 11) is 2.98. The molecule has 29 heavy (non-hydrogen) atoms. The molecule has 8 heteroatoms. The maximum absolute atomic E-state index is 13.1. The number of aryl methyl sites for hydroxylation is 1. The van der Waals surface area contributed by atoms with Gasteiger partial charge < -0.3 is 9.47 Å². The molecule has 0 spiro atoms. The maximum atomic E-state index is 13.1. The lowest BCUT2D eigenvalue weighted by Gasteiger charge is -2.29. The summed E-state index contributed by atoms with van der Waals surface area (Å²) in [6.45, 7) is 2.04. The van der Waals surface area contributed by atoms with Crippen LogP contribution < -0.4 is 19.7 Å². The van der Waals surface area contributed by atoms with Gasteiger partial charge >= 0.3 is 0 Å². The van der Waals surface area contributed by atoms with Gasteiger partial charge in [-0.25, -0.2) is 0 Å². The number of hydrogen-bond acceptors (Lipinski definition) is 5. The Morgan fingerprint density at radius 3 is 2.31 bits per heavy atom. The van der Waals surface area contributed by atoms with E-state index in [9.17, 15) is 9.59 Å². The molecule has 2 aromatic rings. The highest BCUT2D eigenvalue weighted by atomic mass is 35.5. The van der Waals surface area contributed by atoms with Gasteiger partial charge in [0.15, 0.2) is 16.6 Å². The van der Waals surface area contributed by atoms with Gasteiger partial charge in [0.05, 0.1) is 24.9 Å². The van der Waals surface area contributed by atoms with Crippen LogP contribution in [0.25, 0.3) is 6.08 Å². The molecule has 1 aliphatic rings. The van der Waals surface area contributed by atoms with Gasteiger partial charge in [-0.3, -0.25) is 19.8 Å². The fourth-order valence-corrected chi connectivity index (χ4v) is 3.40. The van der Waals surface area contributed by atoms with Crippen molar-refractivity contribution in [3.63, 3.8) is 0 Å². The van der Waals surface area contributed by atoms with Crippen molar-refractivity contribution in [2.75, 3.05) is 19.1 Å². The van der Waals surface area contributed by atoms with E-state index in [1.54, 1.807) is 24.3 Å². The van der Waals surface area contributed by atoms with Gasteiger partial charge in [-0.2, -0.15) is 0 Å². The number of nitrogens with zero attached hydrogens (tertiary/aromatic N) is 1. The molecule has 2 aromatic carbocycles. The fraction of sp³-hybridized carbons (Fsp3) is 0.190. The number of rotatable bonds is 5. The summed E-state index contributed by atoms with van der Waals surface area (Å²) < 4.78 is 10.5. The lowest BCUT2D eigenvalue weighted by atomic mass is 10.1. The van der Waals surface area contributed by atoms with E-state index < -0.39 is 11.8 Å². The molecule has 0 saturated carbocycles. The number of carbonyl (C=O) groups excluding carboxylic acids is 2. The number of carbonyl (C=O) groups is 2. The molecule has 0 aliphatic carbocycles. The van der Waals surface area contributed by atoms with Crippen molar-refractivity contribution in [1.29, 1.82) is 0 Å². The number of methoxy groups -OCH3 is 2. The average molecular weight is 431 g/mol. The number of benzene rings is 2. The Bertz CT molecular complexity index is 1020. The predicted octanol–water partition coefficient (Wildman–Crippen LogP) is 3.75. The minimum atomic E-state index is -0.590. The number of hydrogen-bond donors (Lipinski definition) is 1. The van der Waals surface area contributed by atoms with Crippen LogP contribution in [0, 0.1) is 0 Å². The predicted molar refractivity (Wildman–Crippen MR) is 117 cm³/mol. The van der Waals surface area contributed by atoms with Crippen molar-refractivity contribution < 1.29 is 19.1 Å². The van der Waals surface area contributed by atoms with Gasteiger partial charge in [-0.1, -0.05) is 30.7 Å². The molecule has 0 bridgehead atoms. The van der Waals surface area contributed by atoms with E-state index in [-0.39, 0.29) is 10.7 Å². The van der Waals surface area contributed by atoms with Crippen LogP contribution in [0.2, 0.25) is 5.02 Å². The van der Waals surface area contributed by atoms with Gasteiger partial charge in [0.1, 0.15) is 5.57 Å². The Morgan fingerprint density at radius 1 is 1.10 bits per heavy atom. The third-order valence-electron chi connectivity index (χ3n) is 4.51. The van der Waals surface area contributed by atoms with Crippen molar-refractivity contribution in [3.8, 4) is 11.5 Å². The normalized spacial score (nSPS) is 15.5. The third-order valence-corrected chi connectivity index (χ3v) is 5.12. The number of nitrogens with one attached hydrogen (secondary N) is 1. The standard InChI is InChI=1S/C21H19ClN2O4S/c1-4-12-5-7-14(8-6-12)24-20(26)15(19(25)23-21(24)29)9-13-10-17(27-2)18(28-3)11-16(13)22/h5-11H,4H2,1-3H3,(H,23,25,29). The Kier molecular flexibility index (Phi) is 6.20. The second-order valence-corrected chi connectivity index (χ2v) is 7.00. The number of ether oxygens (including phenoxy) is 2. The molecule has 1 fully saturated rings. The minimum Gasteiger partial charge on any atom is -0.493 e. The first kappa shape index (κ1) is 20.8. The first-order chi connectivity index (χ1) is 13.9. The second kappa shape index (κ2) is 8.63. The number of anilines is 1. The highest BCUT2D eigenvalue weighted by molar-refractivity contribution is 7.80. The quantitative estimate of drug-likeness (QED) is 0.444. The van der Waals surface area contributed by atoms with E-state index in [1.807, 2.05) is 19.1 Å². The molecular formula is C21H19ClN2O4S. The summed E-state index contributed by atoms with van der Waals surface area (Å²) in [4.78, 5) is 26.9. The Hall–Kier alpha value is -2.90. The molecular weight excluding hydrogens is 412 g/mol. The largest absolute Gasteiger partial charge is 0.493 e. The van der Waals surface area contributed by atoms with Crippen LogP contribution in [0.15, 0.2) is 42.0 Å². The molecule has 1 heterocycles. The van der Waals surface area contributed by atoms with E-state index in [0.717, 1.165) is 12.0 Å². The molecule has 150 valence electrons. The van der Waals surface area contributed by atoms with E-state index in [1.165, 1.54) is 25.2 Å². The lowest BCUT2D eigenvalue weighted by Crippen LogP contribution is -2.54. The van der Waals surface area contributed by atoms with Crippen molar-refractivity contribution >= 4 is 52.5 Å². The van der Waals surface area contributed by atoms with Crippen LogP contribution in [0.4, 0.5) is 5.69 Å². The number of halogens is 1. The molecule has 3 rings (SSSR count). The molecule has 1 N–H and O–H groups in total. The van der Waals surface area contributed by atoms with Crippen LogP contribution in [0.1, 0.15) is 18.1 Å². The molecule has 1 saturated heterocycles. The van der Waals surface area contributed by atoms with Gasteiger partial charge in [0.2, 0.25) is 0 Å². The summed E-state index contributed by atoms with van der Waals surface area (Å²) in [5.74, 6) is -0.256. The zero-order valence-electron chi connectivity index (χ0n) is 16.1. The van der Waals surface area contributed by atoms with Crippen LogP contribution in [-0.4, -0.2) is 31.1 Å². The Morgan fingerprint density at radius 2 is 1.72 bits per heavy atom. The van der Waals surface area contributed by atoms with Crippen molar-refractivity contribution in [2.24, 2.45) is 0 Å². The second-order valence-electron chi connectivity index (χ2n) is 6.21. The summed E-state index contributed by atoms with van der Waals surface area (Å²) in [5, 5.41) is 2.89. The molecule has 1 aliphatic heterocycles. The Balaban J connectivity index is 2.03. The molecule has 0 unspecified atom stereocenters. The summed E-state index contributed by atoms with van der Waals surface area (Å²) in [6, 6.07) is 10.6. The number of amides is 2. The molecule has 0 radical (unpaired) electrons. The van der Waals surface area contributed by atoms with E-state index in [4.69, 9.17) is 33.3 Å². The first-order valence-corrected chi connectivity index (χ1v) is 9.60. The van der Waals surface area contributed by atoms with Gasteiger partial charge in [0.25, 0.3) is 11.8 Å². The van der Waals surface area contributed by atoms with Gasteiger partial charge in [-0.05, 0) is 54.0 Å². The summed E-state index contributed by atoms with van der Waals surface area (Å²) in [5.41, 5.74) is 2.05. The average Bonchev–Trinajstić information content (AvgIpc) is 2.72. The van der Waals surface area contributed by atoms with Crippen molar-refractivity contribution in [2.45, 2.75) is 13.3 Å². The summed E-state index contributed by atoms with van der Waals surface area (Å²) >= 11 is 11.5. The SMILES string of the molecule is CCc1ccc(N2C(=O)C(=Cc3cc(OC)c(OC)cc3Cl)C(=O)NC2=S)cc1. The molecule has 6 nitrogen and oxygen atoms in total. The van der Waals surface area contributed by atoms with Crippen LogP contribution in [0.3, 0.4) is 0 Å². The molecule has 2 amide bonds. The highest BCUT2D eigenvalue weighted by Crippen LogP contribution is 2.34.